The number of unbranched alkanes of at least 4 members (excludes halogenated alkanes) is 3. The first-order valence-electron chi connectivity index (χ1n) is 12.7. The van der Waals surface area contributed by atoms with Crippen molar-refractivity contribution in [3.8, 4) is 0 Å². The summed E-state index contributed by atoms with van der Waals surface area (Å²) in [6, 6.07) is 0. The van der Waals surface area contributed by atoms with Gasteiger partial charge in [-0.05, 0) is 38.2 Å². The highest BCUT2D eigenvalue weighted by molar-refractivity contribution is 6.44. The summed E-state index contributed by atoms with van der Waals surface area (Å²) >= 11 is 6.15. The molecule has 0 saturated carbocycles. The number of rotatable bonds is 16. The summed E-state index contributed by atoms with van der Waals surface area (Å²) in [5.41, 5.74) is -1.87. The van der Waals surface area contributed by atoms with E-state index < -0.39 is 59.5 Å². The first kappa shape index (κ1) is 33.3. The first-order chi connectivity index (χ1) is 17.9. The minimum Gasteiger partial charge on any atom is -0.469 e. The molecule has 0 aliphatic heterocycles. The number of hydrogen-bond acceptors (Lipinski definition) is 10. The van der Waals surface area contributed by atoms with E-state index in [1.165, 1.54) is 13.2 Å². The predicted molar refractivity (Wildman–Crippen MR) is 138 cm³/mol. The molecule has 5 atom stereocenters. The summed E-state index contributed by atoms with van der Waals surface area (Å²) in [6.07, 6.45) is 4.48. The van der Waals surface area contributed by atoms with Crippen LogP contribution >= 0.6 is 11.6 Å². The maximum absolute atomic E-state index is 13.2. The zero-order valence-electron chi connectivity index (χ0n) is 22.7. The van der Waals surface area contributed by atoms with Crippen LogP contribution in [0.15, 0.2) is 23.3 Å². The molecule has 0 heterocycles. The molecule has 1 rings (SSSR count). The Hall–Kier alpha value is -2.72. The summed E-state index contributed by atoms with van der Waals surface area (Å²) < 4.78 is 21.0. The number of ketones is 1. The minimum absolute atomic E-state index is 0.00220. The fourth-order valence-corrected chi connectivity index (χ4v) is 4.70. The van der Waals surface area contributed by atoms with E-state index in [0.29, 0.717) is 0 Å². The first-order valence-corrected chi connectivity index (χ1v) is 13.1. The van der Waals surface area contributed by atoms with Crippen LogP contribution in [-0.4, -0.2) is 65.8 Å². The highest BCUT2D eigenvalue weighted by Crippen LogP contribution is 2.41. The zero-order chi connectivity index (χ0) is 28.9. The van der Waals surface area contributed by atoms with Crippen LogP contribution in [0.2, 0.25) is 0 Å². The number of esters is 4. The normalized spacial score (nSPS) is 21.4. The highest BCUT2D eigenvalue weighted by atomic mass is 35.5. The SMILES string of the molecule is CCCCC/C=C\C[C@@]1(O)C=C(Cl)C(=O)[C@@H]1[C@@H](OC(C)=O)[C@H](OC(C)=O)[C@H](CCCC(=O)OC)OC(C)=O. The lowest BCUT2D eigenvalue weighted by Gasteiger charge is -2.39. The van der Waals surface area contributed by atoms with Gasteiger partial charge in [-0.3, -0.25) is 24.0 Å². The van der Waals surface area contributed by atoms with E-state index in [4.69, 9.17) is 25.8 Å². The van der Waals surface area contributed by atoms with Crippen molar-refractivity contribution in [2.75, 3.05) is 7.11 Å². The predicted octanol–water partition coefficient (Wildman–Crippen LogP) is 3.70. The van der Waals surface area contributed by atoms with Crippen molar-refractivity contribution in [2.24, 2.45) is 5.92 Å². The fourth-order valence-electron chi connectivity index (χ4n) is 4.39. The summed E-state index contributed by atoms with van der Waals surface area (Å²) in [5.74, 6) is -5.03. The van der Waals surface area contributed by atoms with E-state index in [2.05, 4.69) is 11.7 Å². The van der Waals surface area contributed by atoms with Crippen molar-refractivity contribution >= 4 is 41.3 Å². The lowest BCUT2D eigenvalue weighted by atomic mass is 9.79. The van der Waals surface area contributed by atoms with Gasteiger partial charge in [0.05, 0.1) is 18.1 Å². The standard InChI is InChI=1S/C27H39ClO10/c1-6-7-8-9-10-11-15-27(34)16-20(28)24(33)23(27)26(38-19(4)31)25(37-18(3)30)21(36-17(2)29)13-12-14-22(32)35-5/h10-11,16,21,23,25-26,34H,6-9,12-15H2,1-5H3/b11-10-/t21-,23+,25+,26+,27+/m0/s1. The van der Waals surface area contributed by atoms with Crippen molar-refractivity contribution in [3.05, 3.63) is 23.3 Å². The Morgan fingerprint density at radius 3 is 2.21 bits per heavy atom. The molecular weight excluding hydrogens is 520 g/mol. The Kier molecular flexibility index (Phi) is 14.3. The van der Waals surface area contributed by atoms with Gasteiger partial charge in [0.2, 0.25) is 0 Å². The quantitative estimate of drug-likeness (QED) is 0.129. The van der Waals surface area contributed by atoms with Gasteiger partial charge in [0.15, 0.2) is 18.0 Å². The molecule has 11 heteroatoms. The monoisotopic (exact) mass is 558 g/mol. The molecule has 0 aromatic heterocycles. The third-order valence-electron chi connectivity index (χ3n) is 6.06. The van der Waals surface area contributed by atoms with E-state index >= 15 is 0 Å². The Bertz CT molecular complexity index is 912. The number of allylic oxidation sites excluding steroid dienone is 2. The second-order valence-corrected chi connectivity index (χ2v) is 9.67. The summed E-state index contributed by atoms with van der Waals surface area (Å²) in [6.45, 7) is 5.42. The van der Waals surface area contributed by atoms with Gasteiger partial charge < -0.3 is 24.1 Å². The number of hydrogen-bond donors (Lipinski definition) is 1. The maximum Gasteiger partial charge on any atom is 0.305 e. The largest absolute Gasteiger partial charge is 0.469 e. The Morgan fingerprint density at radius 2 is 1.66 bits per heavy atom. The molecule has 0 aromatic rings. The molecule has 0 amide bonds. The highest BCUT2D eigenvalue weighted by Gasteiger charge is 2.56. The van der Waals surface area contributed by atoms with Gasteiger partial charge in [-0.15, -0.1) is 0 Å². The van der Waals surface area contributed by atoms with E-state index in [1.54, 1.807) is 6.08 Å². The average Bonchev–Trinajstić information content (AvgIpc) is 3.05. The smallest absolute Gasteiger partial charge is 0.305 e. The van der Waals surface area contributed by atoms with Crippen LogP contribution in [0.1, 0.15) is 79.1 Å². The number of ether oxygens (including phenoxy) is 4. The third-order valence-corrected chi connectivity index (χ3v) is 6.35. The van der Waals surface area contributed by atoms with Crippen molar-refractivity contribution in [1.82, 2.24) is 0 Å². The second-order valence-electron chi connectivity index (χ2n) is 9.26. The van der Waals surface area contributed by atoms with Crippen molar-refractivity contribution in [2.45, 2.75) is 103 Å². The van der Waals surface area contributed by atoms with Crippen LogP contribution in [-0.2, 0) is 42.9 Å². The number of carbonyl (C=O) groups is 5. The number of methoxy groups -OCH3 is 1. The van der Waals surface area contributed by atoms with Gasteiger partial charge >= 0.3 is 23.9 Å². The van der Waals surface area contributed by atoms with E-state index in [-0.39, 0.29) is 30.7 Å². The van der Waals surface area contributed by atoms with Crippen LogP contribution in [0.25, 0.3) is 0 Å². The minimum atomic E-state index is -1.87. The van der Waals surface area contributed by atoms with Crippen LogP contribution in [0, 0.1) is 5.92 Å². The number of Topliss-reactive ketones (excluding diaryl/α,β-unsaturated/α-hetero) is 1. The lowest BCUT2D eigenvalue weighted by Crippen LogP contribution is -2.55. The van der Waals surface area contributed by atoms with Crippen LogP contribution in [0.4, 0.5) is 0 Å². The van der Waals surface area contributed by atoms with Gasteiger partial charge in [0, 0.05) is 27.2 Å². The summed E-state index contributed by atoms with van der Waals surface area (Å²) in [7, 11) is 1.23. The molecule has 214 valence electrons. The second kappa shape index (κ2) is 16.3. The molecule has 1 aliphatic rings. The molecule has 0 bridgehead atoms. The van der Waals surface area contributed by atoms with Crippen molar-refractivity contribution in [3.63, 3.8) is 0 Å². The van der Waals surface area contributed by atoms with Gasteiger partial charge in [0.1, 0.15) is 11.7 Å². The molecule has 0 aromatic carbocycles. The summed E-state index contributed by atoms with van der Waals surface area (Å²) in [5, 5.41) is 11.3. The van der Waals surface area contributed by atoms with Crippen LogP contribution in [0.5, 0.6) is 0 Å². The lowest BCUT2D eigenvalue weighted by molar-refractivity contribution is -0.194. The molecule has 38 heavy (non-hydrogen) atoms. The molecule has 10 nitrogen and oxygen atoms in total. The van der Waals surface area contributed by atoms with Gasteiger partial charge in [0.25, 0.3) is 0 Å². The molecule has 0 spiro atoms. The zero-order valence-corrected chi connectivity index (χ0v) is 23.5. The van der Waals surface area contributed by atoms with Gasteiger partial charge in [-0.2, -0.15) is 0 Å². The Labute approximate surface area is 228 Å². The van der Waals surface area contributed by atoms with E-state index in [9.17, 15) is 29.1 Å². The molecule has 0 saturated heterocycles. The maximum atomic E-state index is 13.2. The molecular formula is C27H39ClO10. The molecule has 1 N–H and O–H groups in total. The average molecular weight is 559 g/mol. The number of aliphatic hydroxyl groups is 1. The molecule has 1 aliphatic carbocycles. The van der Waals surface area contributed by atoms with Crippen LogP contribution < -0.4 is 0 Å². The number of halogens is 1. The topological polar surface area (TPSA) is 142 Å². The van der Waals surface area contributed by atoms with Gasteiger partial charge in [-0.25, -0.2) is 0 Å². The van der Waals surface area contributed by atoms with Crippen molar-refractivity contribution in [1.29, 1.82) is 0 Å². The molecule has 0 fully saturated rings. The number of carbonyl (C=O) groups excluding carboxylic acids is 5. The fraction of sp³-hybridized carbons (Fsp3) is 0.667. The summed E-state index contributed by atoms with van der Waals surface area (Å²) in [4.78, 5) is 61.0. The van der Waals surface area contributed by atoms with Crippen molar-refractivity contribution < 1.29 is 48.0 Å². The Morgan fingerprint density at radius 1 is 1.03 bits per heavy atom. The van der Waals surface area contributed by atoms with E-state index in [0.717, 1.165) is 46.5 Å². The van der Waals surface area contributed by atoms with Crippen LogP contribution in [0.3, 0.4) is 0 Å². The van der Waals surface area contributed by atoms with Gasteiger partial charge in [-0.1, -0.05) is 43.5 Å². The Balaban J connectivity index is 3.44. The third kappa shape index (κ3) is 10.6. The van der Waals surface area contributed by atoms with E-state index in [1.807, 2.05) is 6.08 Å². The molecule has 0 unspecified atom stereocenters. The molecule has 0 radical (unpaired) electrons.